The molecule has 0 atom stereocenters. The number of rotatable bonds is 7. The van der Waals surface area contributed by atoms with Crippen LogP contribution in [-0.2, 0) is 10.3 Å². The number of amides is 1. The molecule has 0 spiro atoms. The number of hydrogen-bond donors (Lipinski definition) is 0. The molecular formula is C27H35N7O2. The number of aromatic nitrogens is 4. The summed E-state index contributed by atoms with van der Waals surface area (Å²) in [5.74, 6) is 0. The van der Waals surface area contributed by atoms with E-state index in [1.807, 2.05) is 48.0 Å². The lowest BCUT2D eigenvalue weighted by Crippen LogP contribution is -2.66. The van der Waals surface area contributed by atoms with Crippen molar-refractivity contribution in [3.05, 3.63) is 36.1 Å². The maximum absolute atomic E-state index is 12.4. The Balaban J connectivity index is 1.21. The van der Waals surface area contributed by atoms with E-state index in [2.05, 4.69) is 33.0 Å². The van der Waals surface area contributed by atoms with Crippen LogP contribution >= 0.6 is 0 Å². The molecule has 9 heteroatoms. The number of ether oxygens (including phenoxy) is 1. The minimum Gasteiger partial charge on any atom is -0.449 e. The number of nitriles is 1. The molecule has 3 fully saturated rings. The molecule has 1 amide bonds. The van der Waals surface area contributed by atoms with Gasteiger partial charge in [-0.2, -0.15) is 10.4 Å². The number of allylic oxidation sites excluding steroid dienone is 1. The van der Waals surface area contributed by atoms with Crippen molar-refractivity contribution in [1.82, 2.24) is 29.5 Å². The number of likely N-dealkylation sites (tertiary alicyclic amines) is 2. The fourth-order valence-corrected chi connectivity index (χ4v) is 5.34. The monoisotopic (exact) mass is 489 g/mol. The molecule has 0 radical (unpaired) electrons. The van der Waals surface area contributed by atoms with Crippen molar-refractivity contribution in [2.75, 3.05) is 32.8 Å². The number of hydrogen-bond acceptors (Lipinski definition) is 7. The third kappa shape index (κ3) is 4.74. The zero-order chi connectivity index (χ0) is 25.3. The summed E-state index contributed by atoms with van der Waals surface area (Å²) in [5.41, 5.74) is 3.56. The number of carbonyl (C=O) groups excluding carboxylic acids is 1. The first-order valence-corrected chi connectivity index (χ1v) is 12.9. The first-order chi connectivity index (χ1) is 17.4. The van der Waals surface area contributed by atoms with E-state index in [1.54, 1.807) is 6.33 Å². The molecule has 2 aromatic rings. The van der Waals surface area contributed by atoms with E-state index in [0.29, 0.717) is 32.2 Å². The third-order valence-corrected chi connectivity index (χ3v) is 8.05. The summed E-state index contributed by atoms with van der Waals surface area (Å²) >= 11 is 0. The molecule has 1 saturated carbocycles. The van der Waals surface area contributed by atoms with E-state index >= 15 is 0 Å². The van der Waals surface area contributed by atoms with E-state index in [9.17, 15) is 10.1 Å². The van der Waals surface area contributed by atoms with Crippen molar-refractivity contribution in [3.63, 3.8) is 0 Å². The Morgan fingerprint density at radius 1 is 1.28 bits per heavy atom. The molecule has 0 aromatic carbocycles. The third-order valence-electron chi connectivity index (χ3n) is 8.05. The van der Waals surface area contributed by atoms with Crippen LogP contribution in [0.2, 0.25) is 0 Å². The van der Waals surface area contributed by atoms with Gasteiger partial charge < -0.3 is 9.64 Å². The molecule has 2 aliphatic heterocycles. The van der Waals surface area contributed by atoms with Gasteiger partial charge in [0.2, 0.25) is 0 Å². The predicted molar refractivity (Wildman–Crippen MR) is 136 cm³/mol. The number of carbonyl (C=O) groups is 1. The fourth-order valence-electron chi connectivity index (χ4n) is 5.34. The van der Waals surface area contributed by atoms with Crippen molar-refractivity contribution in [3.8, 4) is 17.3 Å². The van der Waals surface area contributed by atoms with Crippen LogP contribution in [-0.4, -0.2) is 74.5 Å². The molecule has 2 aromatic heterocycles. The highest BCUT2D eigenvalue weighted by Crippen LogP contribution is 2.45. The molecule has 4 heterocycles. The van der Waals surface area contributed by atoms with Crippen molar-refractivity contribution in [1.29, 1.82) is 5.26 Å². The average molecular weight is 490 g/mol. The van der Waals surface area contributed by atoms with E-state index in [0.717, 1.165) is 61.3 Å². The molecular weight excluding hydrogens is 454 g/mol. The quantitative estimate of drug-likeness (QED) is 0.579. The van der Waals surface area contributed by atoms with Gasteiger partial charge in [-0.1, -0.05) is 19.1 Å². The molecule has 5 rings (SSSR count). The van der Waals surface area contributed by atoms with Crippen LogP contribution in [0.25, 0.3) is 17.3 Å². The first-order valence-electron chi connectivity index (χ1n) is 12.9. The number of piperidine rings is 1. The summed E-state index contributed by atoms with van der Waals surface area (Å²) in [6.07, 6.45) is 13.8. The number of nitrogens with zero attached hydrogens (tertiary/aromatic N) is 7. The average Bonchev–Trinajstić information content (AvgIpc) is 3.39. The second kappa shape index (κ2) is 9.66. The zero-order valence-corrected chi connectivity index (χ0v) is 21.5. The Kier molecular flexibility index (Phi) is 6.56. The SMILES string of the molecule is C/C=C\c1c(C)ncnc1-c1cnn(C2(CC#N)CN(C3CCN(C(=O)OCC4(C)CC4)CC3)C2)c1. The minimum atomic E-state index is -0.342. The van der Waals surface area contributed by atoms with Gasteiger partial charge in [0.1, 0.15) is 11.9 Å². The molecule has 9 nitrogen and oxygen atoms in total. The minimum absolute atomic E-state index is 0.176. The van der Waals surface area contributed by atoms with Gasteiger partial charge in [0.25, 0.3) is 0 Å². The molecule has 190 valence electrons. The van der Waals surface area contributed by atoms with Crippen LogP contribution in [0.5, 0.6) is 0 Å². The highest BCUT2D eigenvalue weighted by atomic mass is 16.6. The van der Waals surface area contributed by atoms with Gasteiger partial charge in [-0.25, -0.2) is 14.8 Å². The summed E-state index contributed by atoms with van der Waals surface area (Å²) < 4.78 is 7.51. The lowest BCUT2D eigenvalue weighted by atomic mass is 9.84. The standard InChI is InChI=1S/C27H35N7O2/c1-4-5-23-20(2)29-19-30-24(23)21-14-31-34(15-21)27(10-11-28)16-33(17-27)22-6-12-32(13-7-22)25(35)36-18-26(3)8-9-26/h4-5,14-15,19,22H,6-10,12-13,16-18H2,1-3H3/b5-4-. The summed E-state index contributed by atoms with van der Waals surface area (Å²) in [6.45, 7) is 9.65. The van der Waals surface area contributed by atoms with Crippen molar-refractivity contribution >= 4 is 12.2 Å². The molecule has 2 saturated heterocycles. The van der Waals surface area contributed by atoms with Crippen LogP contribution < -0.4 is 0 Å². The van der Waals surface area contributed by atoms with Crippen molar-refractivity contribution in [2.45, 2.75) is 64.5 Å². The topological polar surface area (TPSA) is 100 Å². The van der Waals surface area contributed by atoms with Gasteiger partial charge in [0, 0.05) is 60.7 Å². The Labute approximate surface area is 212 Å². The van der Waals surface area contributed by atoms with Gasteiger partial charge in [-0.15, -0.1) is 0 Å². The van der Waals surface area contributed by atoms with Crippen molar-refractivity contribution in [2.24, 2.45) is 5.41 Å². The Bertz CT molecular complexity index is 1180. The van der Waals surface area contributed by atoms with Gasteiger partial charge in [-0.3, -0.25) is 9.58 Å². The molecule has 0 unspecified atom stereocenters. The zero-order valence-electron chi connectivity index (χ0n) is 21.5. The maximum atomic E-state index is 12.4. The summed E-state index contributed by atoms with van der Waals surface area (Å²) in [5, 5.41) is 14.3. The Hall–Kier alpha value is -3.25. The van der Waals surface area contributed by atoms with Crippen molar-refractivity contribution < 1.29 is 9.53 Å². The second-order valence-corrected chi connectivity index (χ2v) is 10.9. The van der Waals surface area contributed by atoms with Gasteiger partial charge in [0.15, 0.2) is 0 Å². The predicted octanol–water partition coefficient (Wildman–Crippen LogP) is 4.01. The highest BCUT2D eigenvalue weighted by Gasteiger charge is 2.48. The molecule has 1 aliphatic carbocycles. The van der Waals surface area contributed by atoms with E-state index in [1.165, 1.54) is 0 Å². The molecule has 0 N–H and O–H groups in total. The van der Waals surface area contributed by atoms with Crippen LogP contribution in [0, 0.1) is 23.7 Å². The van der Waals surface area contributed by atoms with E-state index < -0.39 is 0 Å². The van der Waals surface area contributed by atoms with Crippen LogP contribution in [0.3, 0.4) is 0 Å². The van der Waals surface area contributed by atoms with Gasteiger partial charge >= 0.3 is 6.09 Å². The molecule has 0 bridgehead atoms. The number of aryl methyl sites for hydroxylation is 1. The fraction of sp³-hybridized carbons (Fsp3) is 0.593. The lowest BCUT2D eigenvalue weighted by Gasteiger charge is -2.53. The lowest BCUT2D eigenvalue weighted by molar-refractivity contribution is -0.0427. The molecule has 36 heavy (non-hydrogen) atoms. The Morgan fingerprint density at radius 2 is 2.03 bits per heavy atom. The van der Waals surface area contributed by atoms with Crippen LogP contribution in [0.4, 0.5) is 4.79 Å². The van der Waals surface area contributed by atoms with Crippen LogP contribution in [0.15, 0.2) is 24.8 Å². The van der Waals surface area contributed by atoms with Gasteiger partial charge in [0.05, 0.1) is 31.0 Å². The Morgan fingerprint density at radius 3 is 2.69 bits per heavy atom. The molecule has 3 aliphatic rings. The largest absolute Gasteiger partial charge is 0.449 e. The maximum Gasteiger partial charge on any atom is 0.409 e. The highest BCUT2D eigenvalue weighted by molar-refractivity contribution is 5.72. The smallest absolute Gasteiger partial charge is 0.409 e. The van der Waals surface area contributed by atoms with Crippen LogP contribution in [0.1, 0.15) is 57.2 Å². The van der Waals surface area contributed by atoms with Gasteiger partial charge in [-0.05, 0) is 39.5 Å². The summed E-state index contributed by atoms with van der Waals surface area (Å²) in [7, 11) is 0. The van der Waals surface area contributed by atoms with E-state index in [4.69, 9.17) is 4.74 Å². The summed E-state index contributed by atoms with van der Waals surface area (Å²) in [6, 6.07) is 2.79. The second-order valence-electron chi connectivity index (χ2n) is 10.9. The van der Waals surface area contributed by atoms with E-state index in [-0.39, 0.29) is 17.0 Å². The first kappa shape index (κ1) is 24.4. The summed E-state index contributed by atoms with van der Waals surface area (Å²) in [4.78, 5) is 25.6. The normalized spacial score (nSPS) is 21.2.